The molecule has 9 heteroatoms. The van der Waals surface area contributed by atoms with E-state index in [9.17, 15) is 18.4 Å². The number of halogens is 2. The molecule has 0 radical (unpaired) electrons. The van der Waals surface area contributed by atoms with Gasteiger partial charge in [-0.05, 0) is 11.5 Å². The number of aromatic amines is 1. The van der Waals surface area contributed by atoms with Crippen LogP contribution in [0.4, 0.5) is 8.78 Å². The molecule has 0 aliphatic carbocycles. The maximum absolute atomic E-state index is 13.7. The number of rotatable bonds is 3. The number of benzene rings is 1. The monoisotopic (exact) mass is 282 g/mol. The molecule has 2 rings (SSSR count). The van der Waals surface area contributed by atoms with Gasteiger partial charge in [0.2, 0.25) is 5.82 Å². The van der Waals surface area contributed by atoms with Crippen molar-refractivity contribution in [2.45, 2.75) is 6.54 Å². The zero-order chi connectivity index (χ0) is 14.9. The minimum atomic E-state index is -1.81. The minimum Gasteiger partial charge on any atom is -0.423 e. The molecule has 0 atom stereocenters. The number of aromatic nitrogens is 2. The number of hydrogen-bond acceptors (Lipinski definition) is 4. The van der Waals surface area contributed by atoms with Crippen LogP contribution in [0.15, 0.2) is 34.0 Å². The smallest absolute Gasteiger partial charge is 0.423 e. The molecular weight excluding hydrogens is 273 g/mol. The van der Waals surface area contributed by atoms with Crippen LogP contribution in [-0.2, 0) is 6.54 Å². The highest BCUT2D eigenvalue weighted by Crippen LogP contribution is 2.06. The molecule has 0 saturated carbocycles. The summed E-state index contributed by atoms with van der Waals surface area (Å²) in [6, 6.07) is 3.39. The SMILES string of the molecule is O=c1[nH]c(=O)n(Cc2ccc(B(O)O)cc2F)cc1F. The molecule has 104 valence electrons. The van der Waals surface area contributed by atoms with Crippen LogP contribution >= 0.6 is 0 Å². The average molecular weight is 282 g/mol. The molecule has 1 aromatic heterocycles. The van der Waals surface area contributed by atoms with Gasteiger partial charge in [-0.2, -0.15) is 4.39 Å². The van der Waals surface area contributed by atoms with Crippen molar-refractivity contribution in [1.29, 1.82) is 0 Å². The van der Waals surface area contributed by atoms with E-state index in [1.807, 2.05) is 0 Å². The van der Waals surface area contributed by atoms with Crippen LogP contribution in [0.2, 0.25) is 0 Å². The predicted octanol–water partition coefficient (Wildman–Crippen LogP) is -1.46. The molecule has 0 fully saturated rings. The number of nitrogens with zero attached hydrogens (tertiary/aromatic N) is 1. The highest BCUT2D eigenvalue weighted by molar-refractivity contribution is 6.58. The van der Waals surface area contributed by atoms with Crippen molar-refractivity contribution >= 4 is 12.6 Å². The Balaban J connectivity index is 2.38. The molecule has 1 aromatic carbocycles. The molecule has 20 heavy (non-hydrogen) atoms. The summed E-state index contributed by atoms with van der Waals surface area (Å²) in [6.07, 6.45) is 0.676. The van der Waals surface area contributed by atoms with Crippen LogP contribution in [0.1, 0.15) is 5.56 Å². The molecule has 2 aromatic rings. The Hall–Kier alpha value is -2.26. The van der Waals surface area contributed by atoms with Crippen molar-refractivity contribution < 1.29 is 18.8 Å². The van der Waals surface area contributed by atoms with E-state index < -0.39 is 30.0 Å². The Labute approximate surface area is 111 Å². The molecule has 0 spiro atoms. The van der Waals surface area contributed by atoms with Gasteiger partial charge in [0.15, 0.2) is 0 Å². The van der Waals surface area contributed by atoms with Crippen LogP contribution in [0.25, 0.3) is 0 Å². The largest absolute Gasteiger partial charge is 0.488 e. The lowest BCUT2D eigenvalue weighted by Crippen LogP contribution is -2.32. The number of hydrogen-bond donors (Lipinski definition) is 3. The molecule has 0 amide bonds. The van der Waals surface area contributed by atoms with Crippen LogP contribution < -0.4 is 16.7 Å². The fraction of sp³-hybridized carbons (Fsp3) is 0.0909. The zero-order valence-corrected chi connectivity index (χ0v) is 10.0. The van der Waals surface area contributed by atoms with E-state index in [1.54, 1.807) is 4.98 Å². The Bertz CT molecular complexity index is 757. The fourth-order valence-electron chi connectivity index (χ4n) is 1.64. The second-order valence-corrected chi connectivity index (χ2v) is 4.09. The first-order valence-corrected chi connectivity index (χ1v) is 5.52. The van der Waals surface area contributed by atoms with Gasteiger partial charge in [0.1, 0.15) is 5.82 Å². The lowest BCUT2D eigenvalue weighted by molar-refractivity contribution is 0.425. The molecule has 0 unspecified atom stereocenters. The summed E-state index contributed by atoms with van der Waals surface area (Å²) in [6.45, 7) is -0.305. The van der Waals surface area contributed by atoms with Gasteiger partial charge < -0.3 is 10.0 Å². The average Bonchev–Trinajstić information content (AvgIpc) is 2.37. The van der Waals surface area contributed by atoms with Crippen LogP contribution in [0.3, 0.4) is 0 Å². The predicted molar refractivity (Wildman–Crippen MR) is 66.6 cm³/mol. The molecular formula is C11H9BF2N2O4. The third-order valence-electron chi connectivity index (χ3n) is 2.68. The van der Waals surface area contributed by atoms with Crippen molar-refractivity contribution in [3.63, 3.8) is 0 Å². The summed E-state index contributed by atoms with van der Waals surface area (Å²) >= 11 is 0. The van der Waals surface area contributed by atoms with Gasteiger partial charge in [0.25, 0.3) is 5.56 Å². The van der Waals surface area contributed by atoms with Crippen molar-refractivity contribution in [2.75, 3.05) is 0 Å². The van der Waals surface area contributed by atoms with Gasteiger partial charge in [0, 0.05) is 5.56 Å². The maximum Gasteiger partial charge on any atom is 0.488 e. The standard InChI is InChI=1S/C11H9BF2N2O4/c13-8-3-7(12(19)20)2-1-6(8)4-16-5-9(14)10(17)15-11(16)18/h1-3,5,19-20H,4H2,(H,15,17,18). The molecule has 0 saturated heterocycles. The van der Waals surface area contributed by atoms with E-state index in [1.165, 1.54) is 12.1 Å². The second kappa shape index (κ2) is 5.39. The van der Waals surface area contributed by atoms with Gasteiger partial charge in [-0.15, -0.1) is 0 Å². The normalized spacial score (nSPS) is 10.6. The van der Waals surface area contributed by atoms with Gasteiger partial charge in [-0.3, -0.25) is 14.3 Å². The van der Waals surface area contributed by atoms with Crippen molar-refractivity contribution in [1.82, 2.24) is 9.55 Å². The molecule has 0 aliphatic heterocycles. The van der Waals surface area contributed by atoms with Crippen molar-refractivity contribution in [2.24, 2.45) is 0 Å². The Morgan fingerprint density at radius 3 is 2.50 bits per heavy atom. The molecule has 1 heterocycles. The van der Waals surface area contributed by atoms with Crippen LogP contribution in [-0.4, -0.2) is 26.7 Å². The zero-order valence-electron chi connectivity index (χ0n) is 10.0. The summed E-state index contributed by atoms with van der Waals surface area (Å²) in [5.41, 5.74) is -2.04. The summed E-state index contributed by atoms with van der Waals surface area (Å²) in [4.78, 5) is 24.0. The van der Waals surface area contributed by atoms with Gasteiger partial charge in [-0.25, -0.2) is 9.18 Å². The van der Waals surface area contributed by atoms with Gasteiger partial charge >= 0.3 is 12.8 Å². The van der Waals surface area contributed by atoms with E-state index in [2.05, 4.69) is 0 Å². The van der Waals surface area contributed by atoms with E-state index in [0.29, 0.717) is 6.20 Å². The number of nitrogens with one attached hydrogen (secondary N) is 1. The third kappa shape index (κ3) is 2.84. The molecule has 0 aliphatic rings. The van der Waals surface area contributed by atoms with Crippen molar-refractivity contribution in [3.05, 3.63) is 62.4 Å². The molecule has 0 bridgehead atoms. The molecule has 6 nitrogen and oxygen atoms in total. The van der Waals surface area contributed by atoms with Crippen molar-refractivity contribution in [3.8, 4) is 0 Å². The Morgan fingerprint density at radius 1 is 1.20 bits per heavy atom. The summed E-state index contributed by atoms with van der Waals surface area (Å²) < 4.78 is 27.6. The Morgan fingerprint density at radius 2 is 1.90 bits per heavy atom. The fourth-order valence-corrected chi connectivity index (χ4v) is 1.64. The first-order valence-electron chi connectivity index (χ1n) is 5.52. The Kier molecular flexibility index (Phi) is 3.82. The van der Waals surface area contributed by atoms with E-state index in [4.69, 9.17) is 10.0 Å². The second-order valence-electron chi connectivity index (χ2n) is 4.09. The van der Waals surface area contributed by atoms with E-state index in [-0.39, 0.29) is 17.6 Å². The van der Waals surface area contributed by atoms with Crippen LogP contribution in [0.5, 0.6) is 0 Å². The maximum atomic E-state index is 13.7. The van der Waals surface area contributed by atoms with Gasteiger partial charge in [0.05, 0.1) is 12.7 Å². The number of H-pyrrole nitrogens is 1. The first-order chi connectivity index (χ1) is 9.38. The van der Waals surface area contributed by atoms with E-state index >= 15 is 0 Å². The summed E-state index contributed by atoms with van der Waals surface area (Å²) in [7, 11) is -1.81. The quantitative estimate of drug-likeness (QED) is 0.600. The lowest BCUT2D eigenvalue weighted by Gasteiger charge is -2.08. The topological polar surface area (TPSA) is 95.3 Å². The third-order valence-corrected chi connectivity index (χ3v) is 2.68. The molecule has 3 N–H and O–H groups in total. The summed E-state index contributed by atoms with van der Waals surface area (Å²) in [5.74, 6) is -1.94. The lowest BCUT2D eigenvalue weighted by atomic mass is 9.80. The van der Waals surface area contributed by atoms with Crippen LogP contribution in [0, 0.1) is 11.6 Å². The van der Waals surface area contributed by atoms with E-state index in [0.717, 1.165) is 10.6 Å². The van der Waals surface area contributed by atoms with Gasteiger partial charge in [-0.1, -0.05) is 12.1 Å². The highest BCUT2D eigenvalue weighted by atomic mass is 19.1. The minimum absolute atomic E-state index is 0.0305. The summed E-state index contributed by atoms with van der Waals surface area (Å²) in [5, 5.41) is 17.8. The highest BCUT2D eigenvalue weighted by Gasteiger charge is 2.14. The first kappa shape index (κ1) is 14.2.